The third-order valence-corrected chi connectivity index (χ3v) is 5.40. The number of nitrogens with zero attached hydrogens (tertiary/aromatic N) is 1. The van der Waals surface area contributed by atoms with Crippen molar-refractivity contribution in [1.82, 2.24) is 4.90 Å². The van der Waals surface area contributed by atoms with Gasteiger partial charge in [0.05, 0.1) is 24.9 Å². The van der Waals surface area contributed by atoms with Gasteiger partial charge in [-0.25, -0.2) is 4.79 Å². The molecule has 2 atom stereocenters. The fourth-order valence-electron chi connectivity index (χ4n) is 3.59. The highest BCUT2D eigenvalue weighted by Crippen LogP contribution is 2.39. The van der Waals surface area contributed by atoms with Crippen LogP contribution >= 0.6 is 0 Å². The standard InChI is InChI=1S/C19H26BN2O8.CH4/c1-10(7-14(23)11(2)21)18(24)22-8-13(9-22)29-15-4-3-12-5-6-20(27,28)30-17(12)16(15)19(25)26;/h3-4,10-11,13,27-28H,5-9,21H2,1-2H3,(H,25,26);1H4/q-1;/t10-,11+;/m0./s1. The first kappa shape index (κ1) is 24.6. The molecule has 2 aliphatic rings. The van der Waals surface area contributed by atoms with Crippen molar-refractivity contribution in [1.29, 1.82) is 0 Å². The van der Waals surface area contributed by atoms with E-state index in [0.29, 0.717) is 5.56 Å². The first-order chi connectivity index (χ1) is 14.0. The molecule has 0 saturated carbocycles. The molecule has 1 fully saturated rings. The molecule has 10 nitrogen and oxygen atoms in total. The Morgan fingerprint density at radius 3 is 2.52 bits per heavy atom. The van der Waals surface area contributed by atoms with E-state index in [0.717, 1.165) is 0 Å². The van der Waals surface area contributed by atoms with Crippen LogP contribution in [-0.4, -0.2) is 69.7 Å². The van der Waals surface area contributed by atoms with Crippen LogP contribution < -0.4 is 15.1 Å². The molecular weight excluding hydrogens is 407 g/mol. The number of ether oxygens (including phenoxy) is 1. The Morgan fingerprint density at radius 1 is 1.29 bits per heavy atom. The average Bonchev–Trinajstić information content (AvgIpc) is 2.61. The molecule has 1 amide bonds. The molecule has 172 valence electrons. The predicted molar refractivity (Wildman–Crippen MR) is 113 cm³/mol. The van der Waals surface area contributed by atoms with Crippen molar-refractivity contribution in [2.24, 2.45) is 11.7 Å². The van der Waals surface area contributed by atoms with Crippen LogP contribution in [0.3, 0.4) is 0 Å². The number of ketones is 1. The minimum atomic E-state index is -3.12. The van der Waals surface area contributed by atoms with Crippen molar-refractivity contribution in [2.45, 2.75) is 52.6 Å². The van der Waals surface area contributed by atoms with E-state index in [-0.39, 0.29) is 68.4 Å². The van der Waals surface area contributed by atoms with E-state index in [1.165, 1.54) is 11.0 Å². The minimum absolute atomic E-state index is 0. The van der Waals surface area contributed by atoms with Gasteiger partial charge in [-0.05, 0) is 25.0 Å². The van der Waals surface area contributed by atoms with Crippen molar-refractivity contribution in [3.63, 3.8) is 0 Å². The number of carboxylic acid groups (broad SMARTS) is 1. The molecule has 0 radical (unpaired) electrons. The lowest BCUT2D eigenvalue weighted by atomic mass is 9.70. The number of amides is 1. The highest BCUT2D eigenvalue weighted by atomic mass is 16.6. The maximum absolute atomic E-state index is 12.4. The normalized spacial score (nSPS) is 19.1. The van der Waals surface area contributed by atoms with Crippen LogP contribution in [-0.2, 0) is 16.0 Å². The van der Waals surface area contributed by atoms with E-state index in [1.807, 2.05) is 0 Å². The lowest BCUT2D eigenvalue weighted by molar-refractivity contribution is -0.145. The number of benzene rings is 1. The number of carbonyl (C=O) groups is 3. The fraction of sp³-hybridized carbons (Fsp3) is 0.550. The SMILES string of the molecule is C.C[C@@H](N)C(=O)C[C@H](C)C(=O)N1CC(Oc2ccc3c(c2C(=O)O)O[B-](O)(O)CC3)C1. The topological polar surface area (TPSA) is 160 Å². The van der Waals surface area contributed by atoms with Gasteiger partial charge >= 0.3 is 12.7 Å². The van der Waals surface area contributed by atoms with Gasteiger partial charge in [-0.15, -0.1) is 0 Å². The van der Waals surface area contributed by atoms with Crippen LogP contribution in [0, 0.1) is 5.92 Å². The Morgan fingerprint density at radius 2 is 1.94 bits per heavy atom. The monoisotopic (exact) mass is 437 g/mol. The van der Waals surface area contributed by atoms with Gasteiger partial charge in [0.2, 0.25) is 5.91 Å². The second kappa shape index (κ2) is 9.25. The first-order valence-corrected chi connectivity index (χ1v) is 9.90. The number of likely N-dealkylation sites (tertiary alicyclic amines) is 1. The summed E-state index contributed by atoms with van der Waals surface area (Å²) in [6.07, 6.45) is -0.110. The van der Waals surface area contributed by atoms with Gasteiger partial charge in [-0.1, -0.05) is 26.7 Å². The molecule has 11 heteroatoms. The second-order valence-electron chi connectivity index (χ2n) is 8.09. The number of carboxylic acids is 1. The van der Waals surface area contributed by atoms with E-state index < -0.39 is 30.8 Å². The number of aryl methyl sites for hydroxylation is 1. The average molecular weight is 437 g/mol. The fourth-order valence-corrected chi connectivity index (χ4v) is 3.59. The van der Waals surface area contributed by atoms with Crippen LogP contribution in [0.5, 0.6) is 11.5 Å². The zero-order valence-electron chi connectivity index (χ0n) is 16.9. The molecule has 0 unspecified atom stereocenters. The summed E-state index contributed by atoms with van der Waals surface area (Å²) in [6, 6.07) is 2.52. The van der Waals surface area contributed by atoms with Crippen LogP contribution in [0.2, 0.25) is 6.32 Å². The molecule has 0 bridgehead atoms. The molecule has 0 aromatic heterocycles. The number of rotatable bonds is 7. The molecule has 5 N–H and O–H groups in total. The molecule has 3 rings (SSSR count). The number of Topliss-reactive ketones (excluding diaryl/α,β-unsaturated/α-hetero) is 1. The van der Waals surface area contributed by atoms with E-state index in [9.17, 15) is 29.5 Å². The lowest BCUT2D eigenvalue weighted by Crippen LogP contribution is -2.57. The Labute approximate surface area is 180 Å². The maximum Gasteiger partial charge on any atom is 0.430 e. The quantitative estimate of drug-likeness (QED) is 0.443. The summed E-state index contributed by atoms with van der Waals surface area (Å²) in [4.78, 5) is 37.5. The van der Waals surface area contributed by atoms with Crippen molar-refractivity contribution in [3.05, 3.63) is 23.3 Å². The number of carbonyl (C=O) groups excluding carboxylic acids is 2. The highest BCUT2D eigenvalue weighted by Gasteiger charge is 2.37. The Balaban J connectivity index is 0.00000341. The summed E-state index contributed by atoms with van der Waals surface area (Å²) in [5.41, 5.74) is 5.81. The summed E-state index contributed by atoms with van der Waals surface area (Å²) in [5, 5.41) is 29.2. The lowest BCUT2D eigenvalue weighted by Gasteiger charge is -2.41. The van der Waals surface area contributed by atoms with Gasteiger partial charge < -0.3 is 35.2 Å². The van der Waals surface area contributed by atoms with E-state index in [4.69, 9.17) is 15.1 Å². The molecular formula is C20H30BN2O8-. The van der Waals surface area contributed by atoms with E-state index in [2.05, 4.69) is 0 Å². The van der Waals surface area contributed by atoms with Crippen molar-refractivity contribution in [2.75, 3.05) is 13.1 Å². The number of hydrogen-bond acceptors (Lipinski definition) is 8. The zero-order valence-corrected chi connectivity index (χ0v) is 16.9. The van der Waals surface area contributed by atoms with Crippen molar-refractivity contribution in [3.8, 4) is 11.5 Å². The number of nitrogens with two attached hydrogens (primary N) is 1. The first-order valence-electron chi connectivity index (χ1n) is 9.90. The van der Waals surface area contributed by atoms with Gasteiger partial charge in [0, 0.05) is 12.3 Å². The number of aromatic carboxylic acids is 1. The van der Waals surface area contributed by atoms with Gasteiger partial charge in [0.25, 0.3) is 0 Å². The highest BCUT2D eigenvalue weighted by molar-refractivity contribution is 6.59. The summed E-state index contributed by atoms with van der Waals surface area (Å²) in [5.74, 6) is -2.26. The molecule has 2 aliphatic heterocycles. The van der Waals surface area contributed by atoms with Gasteiger partial charge in [0.1, 0.15) is 23.2 Å². The van der Waals surface area contributed by atoms with Crippen molar-refractivity contribution >= 4 is 24.4 Å². The molecule has 1 aromatic carbocycles. The third-order valence-electron chi connectivity index (χ3n) is 5.40. The minimum Gasteiger partial charge on any atom is -0.669 e. The summed E-state index contributed by atoms with van der Waals surface area (Å²) >= 11 is 0. The van der Waals surface area contributed by atoms with Crippen LogP contribution in [0.1, 0.15) is 43.6 Å². The van der Waals surface area contributed by atoms with Gasteiger partial charge in [-0.2, -0.15) is 0 Å². The van der Waals surface area contributed by atoms with Gasteiger partial charge in [-0.3, -0.25) is 9.59 Å². The second-order valence-corrected chi connectivity index (χ2v) is 8.09. The van der Waals surface area contributed by atoms with Crippen LogP contribution in [0.25, 0.3) is 0 Å². The molecule has 2 heterocycles. The molecule has 1 aromatic rings. The molecule has 0 spiro atoms. The molecule has 0 aliphatic carbocycles. The third kappa shape index (κ3) is 5.35. The molecule has 31 heavy (non-hydrogen) atoms. The van der Waals surface area contributed by atoms with Crippen LogP contribution in [0.4, 0.5) is 0 Å². The van der Waals surface area contributed by atoms with E-state index in [1.54, 1.807) is 19.9 Å². The zero-order chi connectivity index (χ0) is 22.2. The number of hydrogen-bond donors (Lipinski definition) is 4. The Kier molecular flexibility index (Phi) is 7.35. The van der Waals surface area contributed by atoms with Gasteiger partial charge in [0.15, 0.2) is 0 Å². The predicted octanol–water partition coefficient (Wildman–Crippen LogP) is 0.411. The Hall–Kier alpha value is -2.63. The summed E-state index contributed by atoms with van der Waals surface area (Å²) in [6.45, 7) is 0.626. The van der Waals surface area contributed by atoms with E-state index >= 15 is 0 Å². The van der Waals surface area contributed by atoms with Crippen molar-refractivity contribution < 1.29 is 38.9 Å². The Bertz CT molecular complexity index is 867. The smallest absolute Gasteiger partial charge is 0.430 e. The van der Waals surface area contributed by atoms with Crippen LogP contribution in [0.15, 0.2) is 12.1 Å². The maximum atomic E-state index is 12.4. The largest absolute Gasteiger partial charge is 0.669 e. The molecule has 1 saturated heterocycles. The summed E-state index contributed by atoms with van der Waals surface area (Å²) < 4.78 is 10.9. The summed E-state index contributed by atoms with van der Waals surface area (Å²) in [7, 11) is 0. The number of fused-ring (bicyclic) bond motifs is 1.